The maximum atomic E-state index is 9.16. The molecule has 0 fully saturated rings. The third kappa shape index (κ3) is 3.37. The molecule has 0 aliphatic heterocycles. The SMILES string of the molecule is CCCC(C#N)=C(Cl)c1cc(OC)c(OC)c(OC)c1. The van der Waals surface area contributed by atoms with Gasteiger partial charge in [-0.15, -0.1) is 0 Å². The molecule has 0 saturated heterocycles. The number of rotatable bonds is 6. The minimum Gasteiger partial charge on any atom is -0.493 e. The molecule has 0 aliphatic rings. The van der Waals surface area contributed by atoms with Crippen LogP contribution < -0.4 is 14.2 Å². The van der Waals surface area contributed by atoms with Crippen molar-refractivity contribution in [1.29, 1.82) is 5.26 Å². The Hall–Kier alpha value is -1.86. The summed E-state index contributed by atoms with van der Waals surface area (Å²) in [6, 6.07) is 5.61. The van der Waals surface area contributed by atoms with E-state index in [2.05, 4.69) is 6.07 Å². The third-order valence-electron chi connectivity index (χ3n) is 2.82. The number of hydrogen-bond acceptors (Lipinski definition) is 4. The highest BCUT2D eigenvalue weighted by molar-refractivity contribution is 6.49. The molecule has 1 aromatic carbocycles. The van der Waals surface area contributed by atoms with Gasteiger partial charge in [0.2, 0.25) is 5.75 Å². The molecule has 0 amide bonds. The van der Waals surface area contributed by atoms with Crippen LogP contribution in [-0.4, -0.2) is 21.3 Å². The zero-order valence-electron chi connectivity index (χ0n) is 12.1. The zero-order chi connectivity index (χ0) is 15.1. The van der Waals surface area contributed by atoms with Crippen LogP contribution in [-0.2, 0) is 0 Å². The van der Waals surface area contributed by atoms with Crippen molar-refractivity contribution >= 4 is 16.6 Å². The number of ether oxygens (including phenoxy) is 3. The lowest BCUT2D eigenvalue weighted by Gasteiger charge is -2.14. The summed E-state index contributed by atoms with van der Waals surface area (Å²) in [4.78, 5) is 0. The number of allylic oxidation sites excluding steroid dienone is 1. The van der Waals surface area contributed by atoms with Crippen LogP contribution in [0.2, 0.25) is 0 Å². The largest absolute Gasteiger partial charge is 0.493 e. The van der Waals surface area contributed by atoms with E-state index < -0.39 is 0 Å². The number of nitriles is 1. The zero-order valence-corrected chi connectivity index (χ0v) is 12.9. The molecular formula is C15H18ClNO3. The van der Waals surface area contributed by atoms with Crippen molar-refractivity contribution in [3.05, 3.63) is 23.3 Å². The van der Waals surface area contributed by atoms with Gasteiger partial charge < -0.3 is 14.2 Å². The maximum Gasteiger partial charge on any atom is 0.203 e. The van der Waals surface area contributed by atoms with Crippen molar-refractivity contribution in [2.45, 2.75) is 19.8 Å². The Morgan fingerprint density at radius 3 is 2.05 bits per heavy atom. The van der Waals surface area contributed by atoms with E-state index in [9.17, 15) is 0 Å². The predicted molar refractivity (Wildman–Crippen MR) is 79.4 cm³/mol. The highest BCUT2D eigenvalue weighted by atomic mass is 35.5. The molecule has 0 aromatic heterocycles. The highest BCUT2D eigenvalue weighted by Crippen LogP contribution is 2.41. The summed E-state index contributed by atoms with van der Waals surface area (Å²) in [5.41, 5.74) is 1.22. The Bertz CT molecular complexity index is 522. The van der Waals surface area contributed by atoms with Crippen LogP contribution in [0.4, 0.5) is 0 Å². The molecule has 0 atom stereocenters. The van der Waals surface area contributed by atoms with Crippen LogP contribution in [0.1, 0.15) is 25.3 Å². The number of hydrogen-bond donors (Lipinski definition) is 0. The summed E-state index contributed by atoms with van der Waals surface area (Å²) in [5.74, 6) is 1.51. The van der Waals surface area contributed by atoms with Crippen molar-refractivity contribution in [2.75, 3.05) is 21.3 Å². The maximum absolute atomic E-state index is 9.16. The van der Waals surface area contributed by atoms with Gasteiger partial charge in [0.25, 0.3) is 0 Å². The molecule has 0 radical (unpaired) electrons. The second-order valence-corrected chi connectivity index (χ2v) is 4.45. The van der Waals surface area contributed by atoms with E-state index >= 15 is 0 Å². The molecular weight excluding hydrogens is 278 g/mol. The average molecular weight is 296 g/mol. The third-order valence-corrected chi connectivity index (χ3v) is 3.26. The minimum atomic E-state index is 0.411. The Balaban J connectivity index is 3.43. The quantitative estimate of drug-likeness (QED) is 0.745. The predicted octanol–water partition coefficient (Wildman–Crippen LogP) is 3.99. The summed E-state index contributed by atoms with van der Waals surface area (Å²) < 4.78 is 15.8. The average Bonchev–Trinajstić information content (AvgIpc) is 2.50. The molecule has 0 N–H and O–H groups in total. The smallest absolute Gasteiger partial charge is 0.203 e. The second-order valence-electron chi connectivity index (χ2n) is 4.07. The van der Waals surface area contributed by atoms with Gasteiger partial charge >= 0.3 is 0 Å². The molecule has 0 unspecified atom stereocenters. The molecule has 0 spiro atoms. The summed E-state index contributed by atoms with van der Waals surface area (Å²) in [6.07, 6.45) is 1.48. The number of nitrogens with zero attached hydrogens (tertiary/aromatic N) is 1. The van der Waals surface area contributed by atoms with E-state index in [1.54, 1.807) is 12.1 Å². The van der Waals surface area contributed by atoms with E-state index in [1.807, 2.05) is 6.92 Å². The van der Waals surface area contributed by atoms with Crippen molar-refractivity contribution in [3.8, 4) is 23.3 Å². The van der Waals surface area contributed by atoms with Gasteiger partial charge in [0.15, 0.2) is 11.5 Å². The van der Waals surface area contributed by atoms with Gasteiger partial charge in [-0.2, -0.15) is 5.26 Å². The monoisotopic (exact) mass is 295 g/mol. The summed E-state index contributed by atoms with van der Waals surface area (Å²) >= 11 is 6.31. The molecule has 20 heavy (non-hydrogen) atoms. The molecule has 0 saturated carbocycles. The van der Waals surface area contributed by atoms with Gasteiger partial charge in [-0.25, -0.2) is 0 Å². The van der Waals surface area contributed by atoms with Gasteiger partial charge in [0, 0.05) is 11.1 Å². The van der Waals surface area contributed by atoms with E-state index in [0.29, 0.717) is 39.8 Å². The molecule has 0 aliphatic carbocycles. The minimum absolute atomic E-state index is 0.411. The molecule has 4 nitrogen and oxygen atoms in total. The molecule has 1 aromatic rings. The first-order valence-electron chi connectivity index (χ1n) is 6.22. The fourth-order valence-electron chi connectivity index (χ4n) is 1.85. The Morgan fingerprint density at radius 2 is 1.70 bits per heavy atom. The Labute approximate surface area is 124 Å². The van der Waals surface area contributed by atoms with Gasteiger partial charge in [0.05, 0.1) is 32.4 Å². The van der Waals surface area contributed by atoms with Crippen LogP contribution in [0, 0.1) is 11.3 Å². The van der Waals surface area contributed by atoms with Crippen molar-refractivity contribution in [1.82, 2.24) is 0 Å². The number of methoxy groups -OCH3 is 3. The van der Waals surface area contributed by atoms with Gasteiger partial charge in [-0.1, -0.05) is 24.9 Å². The standard InChI is InChI=1S/C15H18ClNO3/c1-5-6-10(9-17)14(16)11-7-12(18-2)15(20-4)13(8-11)19-3/h7-8H,5-6H2,1-4H3. The first-order chi connectivity index (χ1) is 9.62. The van der Waals surface area contributed by atoms with Crippen molar-refractivity contribution in [3.63, 3.8) is 0 Å². The fraction of sp³-hybridized carbons (Fsp3) is 0.400. The summed E-state index contributed by atoms with van der Waals surface area (Å²) in [5, 5.41) is 9.57. The molecule has 5 heteroatoms. The lowest BCUT2D eigenvalue weighted by Crippen LogP contribution is -1.97. The van der Waals surface area contributed by atoms with E-state index in [4.69, 9.17) is 31.1 Å². The number of halogens is 1. The van der Waals surface area contributed by atoms with Crippen LogP contribution in [0.15, 0.2) is 17.7 Å². The van der Waals surface area contributed by atoms with Crippen molar-refractivity contribution in [2.24, 2.45) is 0 Å². The van der Waals surface area contributed by atoms with Crippen LogP contribution in [0.5, 0.6) is 17.2 Å². The molecule has 1 rings (SSSR count). The normalized spacial score (nSPS) is 11.4. The summed E-state index contributed by atoms with van der Waals surface area (Å²) in [6.45, 7) is 2.00. The second kappa shape index (κ2) is 7.66. The number of benzene rings is 1. The summed E-state index contributed by atoms with van der Waals surface area (Å²) in [7, 11) is 4.61. The van der Waals surface area contributed by atoms with Crippen LogP contribution in [0.25, 0.3) is 5.03 Å². The van der Waals surface area contributed by atoms with Gasteiger partial charge in [-0.05, 0) is 18.6 Å². The molecule has 108 valence electrons. The fourth-order valence-corrected chi connectivity index (χ4v) is 2.09. The lowest BCUT2D eigenvalue weighted by molar-refractivity contribution is 0.324. The first kappa shape index (κ1) is 16.2. The Morgan fingerprint density at radius 1 is 1.15 bits per heavy atom. The topological polar surface area (TPSA) is 51.5 Å². The molecule has 0 bridgehead atoms. The first-order valence-corrected chi connectivity index (χ1v) is 6.59. The van der Waals surface area contributed by atoms with E-state index in [0.717, 1.165) is 6.42 Å². The van der Waals surface area contributed by atoms with Gasteiger partial charge in [0.1, 0.15) is 0 Å². The Kier molecular flexibility index (Phi) is 6.20. The van der Waals surface area contributed by atoms with E-state index in [-0.39, 0.29) is 0 Å². The molecule has 0 heterocycles. The van der Waals surface area contributed by atoms with Crippen molar-refractivity contribution < 1.29 is 14.2 Å². The lowest BCUT2D eigenvalue weighted by atomic mass is 10.1. The van der Waals surface area contributed by atoms with E-state index in [1.165, 1.54) is 21.3 Å². The van der Waals surface area contributed by atoms with Gasteiger partial charge in [-0.3, -0.25) is 0 Å². The van der Waals surface area contributed by atoms with Crippen LogP contribution >= 0.6 is 11.6 Å². The van der Waals surface area contributed by atoms with Crippen LogP contribution in [0.3, 0.4) is 0 Å². The highest BCUT2D eigenvalue weighted by Gasteiger charge is 2.16.